The number of carbonyl (C=O) groups is 2. The lowest BCUT2D eigenvalue weighted by atomic mass is 10.0. The van der Waals surface area contributed by atoms with Gasteiger partial charge in [0.25, 0.3) is 11.8 Å². The molecule has 0 unspecified atom stereocenters. The Morgan fingerprint density at radius 1 is 0.969 bits per heavy atom. The number of benzene rings is 2. The largest absolute Gasteiger partial charge is 0.380 e. The molecule has 0 bridgehead atoms. The van der Waals surface area contributed by atoms with Gasteiger partial charge in [-0.1, -0.05) is 25.1 Å². The molecule has 0 spiro atoms. The number of piperazine rings is 1. The highest BCUT2D eigenvalue weighted by Gasteiger charge is 2.50. The SMILES string of the molecule is CCCn1cnc2cc(-c3ccc(C(=O)N4CCN(C(=O)C5(O)CC5)CC4)cc3)ccc21. The number of aryl methyl sites for hydroxylation is 1. The van der Waals surface area contributed by atoms with Crippen LogP contribution in [0.2, 0.25) is 0 Å². The van der Waals surface area contributed by atoms with Gasteiger partial charge in [-0.25, -0.2) is 4.98 Å². The Kier molecular flexibility index (Phi) is 5.21. The van der Waals surface area contributed by atoms with E-state index in [0.29, 0.717) is 44.6 Å². The van der Waals surface area contributed by atoms with E-state index < -0.39 is 5.60 Å². The van der Waals surface area contributed by atoms with Crippen LogP contribution in [0.1, 0.15) is 36.5 Å². The number of amides is 2. The monoisotopic (exact) mass is 432 g/mol. The fourth-order valence-electron chi connectivity index (χ4n) is 4.39. The van der Waals surface area contributed by atoms with Gasteiger partial charge in [-0.2, -0.15) is 0 Å². The summed E-state index contributed by atoms with van der Waals surface area (Å²) in [5.74, 6) is -0.215. The quantitative estimate of drug-likeness (QED) is 0.672. The van der Waals surface area contributed by atoms with E-state index in [9.17, 15) is 14.7 Å². The first-order valence-corrected chi connectivity index (χ1v) is 11.3. The number of aliphatic hydroxyl groups is 1. The third-order valence-electron chi connectivity index (χ3n) is 6.53. The van der Waals surface area contributed by atoms with Gasteiger partial charge in [-0.3, -0.25) is 9.59 Å². The molecule has 1 saturated carbocycles. The van der Waals surface area contributed by atoms with Gasteiger partial charge in [-0.15, -0.1) is 0 Å². The zero-order valence-electron chi connectivity index (χ0n) is 18.3. The van der Waals surface area contributed by atoms with Gasteiger partial charge in [0.1, 0.15) is 5.60 Å². The molecule has 7 nitrogen and oxygen atoms in total. The van der Waals surface area contributed by atoms with Gasteiger partial charge in [0.05, 0.1) is 17.4 Å². The van der Waals surface area contributed by atoms with Crippen LogP contribution in [0.25, 0.3) is 22.2 Å². The molecule has 1 N–H and O–H groups in total. The van der Waals surface area contributed by atoms with Crippen molar-refractivity contribution in [1.82, 2.24) is 19.4 Å². The van der Waals surface area contributed by atoms with Crippen LogP contribution in [0.4, 0.5) is 0 Å². The van der Waals surface area contributed by atoms with Crippen molar-refractivity contribution in [3.8, 4) is 11.1 Å². The molecule has 7 heteroatoms. The number of nitrogens with zero attached hydrogens (tertiary/aromatic N) is 4. The minimum absolute atomic E-state index is 0.0254. The lowest BCUT2D eigenvalue weighted by Crippen LogP contribution is -2.53. The third-order valence-corrected chi connectivity index (χ3v) is 6.53. The molecule has 1 aliphatic carbocycles. The summed E-state index contributed by atoms with van der Waals surface area (Å²) in [6.07, 6.45) is 4.05. The lowest BCUT2D eigenvalue weighted by Gasteiger charge is -2.35. The molecule has 3 aromatic rings. The van der Waals surface area contributed by atoms with Gasteiger partial charge in [0.2, 0.25) is 0 Å². The van der Waals surface area contributed by atoms with Crippen molar-refractivity contribution in [1.29, 1.82) is 0 Å². The Morgan fingerprint density at radius 3 is 2.28 bits per heavy atom. The van der Waals surface area contributed by atoms with Crippen LogP contribution in [0.3, 0.4) is 0 Å². The number of hydrogen-bond donors (Lipinski definition) is 1. The van der Waals surface area contributed by atoms with Gasteiger partial charge in [0.15, 0.2) is 0 Å². The zero-order chi connectivity index (χ0) is 22.3. The molecule has 2 heterocycles. The van der Waals surface area contributed by atoms with Gasteiger partial charge >= 0.3 is 0 Å². The molecule has 1 aliphatic heterocycles. The summed E-state index contributed by atoms with van der Waals surface area (Å²) >= 11 is 0. The van der Waals surface area contributed by atoms with Crippen molar-refractivity contribution in [2.24, 2.45) is 0 Å². The molecule has 2 aliphatic rings. The number of imidazole rings is 1. The molecule has 0 radical (unpaired) electrons. The third kappa shape index (κ3) is 3.77. The summed E-state index contributed by atoms with van der Waals surface area (Å²) in [7, 11) is 0. The van der Waals surface area contributed by atoms with E-state index in [0.717, 1.165) is 35.1 Å². The predicted octanol–water partition coefficient (Wildman–Crippen LogP) is 2.92. The van der Waals surface area contributed by atoms with Crippen LogP contribution in [-0.2, 0) is 11.3 Å². The van der Waals surface area contributed by atoms with Crippen LogP contribution >= 0.6 is 0 Å². The van der Waals surface area contributed by atoms with E-state index in [-0.39, 0.29) is 11.8 Å². The first kappa shape index (κ1) is 20.7. The van der Waals surface area contributed by atoms with Gasteiger partial charge in [-0.05, 0) is 54.7 Å². The molecule has 5 rings (SSSR count). The number of fused-ring (bicyclic) bond motifs is 1. The molecule has 166 valence electrons. The molecule has 2 fully saturated rings. The Morgan fingerprint density at radius 2 is 1.62 bits per heavy atom. The van der Waals surface area contributed by atoms with Crippen LogP contribution in [0.15, 0.2) is 48.8 Å². The maximum absolute atomic E-state index is 12.9. The summed E-state index contributed by atoms with van der Waals surface area (Å²) in [4.78, 5) is 33.2. The number of aromatic nitrogens is 2. The molecule has 0 atom stereocenters. The highest BCUT2D eigenvalue weighted by Crippen LogP contribution is 2.37. The lowest BCUT2D eigenvalue weighted by molar-refractivity contribution is -0.143. The zero-order valence-corrected chi connectivity index (χ0v) is 18.3. The van der Waals surface area contributed by atoms with Crippen LogP contribution < -0.4 is 0 Å². The van der Waals surface area contributed by atoms with E-state index >= 15 is 0 Å². The first-order valence-electron chi connectivity index (χ1n) is 11.3. The Labute approximate surface area is 187 Å². The van der Waals surface area contributed by atoms with Crippen molar-refractivity contribution in [2.75, 3.05) is 26.2 Å². The van der Waals surface area contributed by atoms with Crippen LogP contribution in [0.5, 0.6) is 0 Å². The topological polar surface area (TPSA) is 78.7 Å². The second-order valence-electron chi connectivity index (χ2n) is 8.83. The molecule has 2 amide bonds. The van der Waals surface area contributed by atoms with E-state index in [1.165, 1.54) is 0 Å². The molecule has 32 heavy (non-hydrogen) atoms. The molecule has 1 saturated heterocycles. The molecular formula is C25H28N4O3. The predicted molar refractivity (Wildman–Crippen MR) is 122 cm³/mol. The Balaban J connectivity index is 1.25. The average molecular weight is 433 g/mol. The highest BCUT2D eigenvalue weighted by atomic mass is 16.3. The molecule has 2 aromatic carbocycles. The van der Waals surface area contributed by atoms with Gasteiger partial charge < -0.3 is 19.5 Å². The summed E-state index contributed by atoms with van der Waals surface area (Å²) < 4.78 is 2.17. The maximum Gasteiger partial charge on any atom is 0.254 e. The second kappa shape index (κ2) is 8.06. The normalized spacial score (nSPS) is 17.6. The standard InChI is InChI=1S/C25H28N4O3/c1-2-11-29-17-26-21-16-20(7-8-22(21)29)18-3-5-19(6-4-18)23(30)27-12-14-28(15-13-27)24(31)25(32)9-10-25/h3-8,16-17,32H,2,9-15H2,1H3. The van der Waals surface area contributed by atoms with Crippen molar-refractivity contribution >= 4 is 22.8 Å². The van der Waals surface area contributed by atoms with Crippen LogP contribution in [-0.4, -0.2) is 68.1 Å². The fraction of sp³-hybridized carbons (Fsp3) is 0.400. The van der Waals surface area contributed by atoms with Crippen LogP contribution in [0, 0.1) is 0 Å². The van der Waals surface area contributed by atoms with Crippen molar-refractivity contribution in [3.63, 3.8) is 0 Å². The summed E-state index contributed by atoms with van der Waals surface area (Å²) in [5, 5.41) is 10.0. The minimum atomic E-state index is -1.14. The first-order chi connectivity index (χ1) is 15.5. The van der Waals surface area contributed by atoms with E-state index in [4.69, 9.17) is 0 Å². The van der Waals surface area contributed by atoms with E-state index in [1.807, 2.05) is 30.6 Å². The fourth-order valence-corrected chi connectivity index (χ4v) is 4.39. The second-order valence-corrected chi connectivity index (χ2v) is 8.83. The van der Waals surface area contributed by atoms with E-state index in [1.54, 1.807) is 9.80 Å². The Hall–Kier alpha value is -3.19. The highest BCUT2D eigenvalue weighted by molar-refractivity contribution is 5.95. The average Bonchev–Trinajstić information content (AvgIpc) is 3.47. The Bertz CT molecular complexity index is 1160. The van der Waals surface area contributed by atoms with Gasteiger partial charge in [0, 0.05) is 38.3 Å². The summed E-state index contributed by atoms with van der Waals surface area (Å²) in [5.41, 5.74) is 3.72. The number of hydrogen-bond acceptors (Lipinski definition) is 4. The van der Waals surface area contributed by atoms with Crippen molar-refractivity contribution < 1.29 is 14.7 Å². The number of rotatable bonds is 5. The number of carbonyl (C=O) groups excluding carboxylic acids is 2. The smallest absolute Gasteiger partial charge is 0.254 e. The van der Waals surface area contributed by atoms with Crippen molar-refractivity contribution in [3.05, 3.63) is 54.4 Å². The summed E-state index contributed by atoms with van der Waals surface area (Å²) in [6, 6.07) is 14.0. The minimum Gasteiger partial charge on any atom is -0.380 e. The molecular weight excluding hydrogens is 404 g/mol. The van der Waals surface area contributed by atoms with E-state index in [2.05, 4.69) is 34.7 Å². The molecule has 1 aromatic heterocycles. The maximum atomic E-state index is 12.9. The summed E-state index contributed by atoms with van der Waals surface area (Å²) in [6.45, 7) is 5.01. The van der Waals surface area contributed by atoms with Crippen molar-refractivity contribution in [2.45, 2.75) is 38.3 Å².